The van der Waals surface area contributed by atoms with Crippen LogP contribution in [0.15, 0.2) is 134 Å². The summed E-state index contributed by atoms with van der Waals surface area (Å²) < 4.78 is 23.1. The molecule has 3 atom stereocenters. The molecule has 8 nitrogen and oxygen atoms in total. The van der Waals surface area contributed by atoms with Gasteiger partial charge in [-0.3, -0.25) is 9.36 Å². The Labute approximate surface area is 424 Å². The van der Waals surface area contributed by atoms with Crippen molar-refractivity contribution in [3.05, 3.63) is 134 Å². The van der Waals surface area contributed by atoms with Gasteiger partial charge in [-0.2, -0.15) is 0 Å². The molecule has 0 aromatic rings. The third-order valence-electron chi connectivity index (χ3n) is 11.1. The van der Waals surface area contributed by atoms with Gasteiger partial charge in [0.1, 0.15) is 13.2 Å². The van der Waals surface area contributed by atoms with E-state index in [1.165, 1.54) is 51.4 Å². The molecule has 2 N–H and O–H groups in total. The highest BCUT2D eigenvalue weighted by atomic mass is 31.2. The number of aliphatic hydroxyl groups is 1. The highest BCUT2D eigenvalue weighted by Gasteiger charge is 2.23. The Hall–Kier alpha value is -3.36. The smallest absolute Gasteiger partial charge is 0.268 e. The van der Waals surface area contributed by atoms with E-state index in [0.29, 0.717) is 17.4 Å². The number of carbonyl (C=O) groups is 1. The molecule has 0 saturated carbocycles. The van der Waals surface area contributed by atoms with Crippen LogP contribution in [0.4, 0.5) is 0 Å². The molecule has 0 aliphatic rings. The minimum Gasteiger partial charge on any atom is -0.756 e. The van der Waals surface area contributed by atoms with E-state index in [0.717, 1.165) is 116 Å². The molecule has 69 heavy (non-hydrogen) atoms. The Balaban J connectivity index is 4.06. The number of nitrogens with one attached hydrogen (secondary N) is 1. The lowest BCUT2D eigenvalue weighted by Crippen LogP contribution is -2.45. The molecule has 0 heterocycles. The second-order valence-corrected chi connectivity index (χ2v) is 20.3. The monoisotopic (exact) mass is 977 g/mol. The molecule has 0 aliphatic carbocycles. The number of phosphoric ester groups is 1. The van der Waals surface area contributed by atoms with Gasteiger partial charge < -0.3 is 28.8 Å². The number of hydrogen-bond acceptors (Lipinski definition) is 6. The van der Waals surface area contributed by atoms with Crippen molar-refractivity contribution in [3.8, 4) is 0 Å². The van der Waals surface area contributed by atoms with Gasteiger partial charge in [-0.15, -0.1) is 0 Å². The van der Waals surface area contributed by atoms with Crippen LogP contribution in [0.25, 0.3) is 0 Å². The second kappa shape index (κ2) is 49.6. The molecule has 0 spiro atoms. The van der Waals surface area contributed by atoms with Gasteiger partial charge in [-0.25, -0.2) is 0 Å². The summed E-state index contributed by atoms with van der Waals surface area (Å²) in [4.78, 5) is 25.3. The normalized spacial score (nSPS) is 15.1. The molecule has 0 aromatic heterocycles. The number of unbranched alkanes of at least 4 members (excludes halogenated alkanes) is 14. The van der Waals surface area contributed by atoms with Crippen molar-refractivity contribution < 1.29 is 32.9 Å². The second-order valence-electron chi connectivity index (χ2n) is 18.9. The summed E-state index contributed by atoms with van der Waals surface area (Å²) in [6.45, 7) is 4.45. The summed E-state index contributed by atoms with van der Waals surface area (Å²) in [6, 6.07) is -0.897. The first-order chi connectivity index (χ1) is 33.5. The lowest BCUT2D eigenvalue weighted by Gasteiger charge is -2.29. The first-order valence-electron chi connectivity index (χ1n) is 27.0. The van der Waals surface area contributed by atoms with Crippen molar-refractivity contribution in [2.75, 3.05) is 40.9 Å². The summed E-state index contributed by atoms with van der Waals surface area (Å²) in [5.74, 6) is -0.216. The zero-order valence-corrected chi connectivity index (χ0v) is 45.3. The van der Waals surface area contributed by atoms with Crippen molar-refractivity contribution in [1.82, 2.24) is 5.32 Å². The lowest BCUT2D eigenvalue weighted by atomic mass is 10.1. The number of quaternary nitrogens is 1. The van der Waals surface area contributed by atoms with E-state index in [2.05, 4.69) is 141 Å². The van der Waals surface area contributed by atoms with Crippen molar-refractivity contribution in [3.63, 3.8) is 0 Å². The number of allylic oxidation sites excluding steroid dienone is 21. The molecule has 0 rings (SSSR count). The van der Waals surface area contributed by atoms with Gasteiger partial charge in [0.2, 0.25) is 5.91 Å². The largest absolute Gasteiger partial charge is 0.756 e. The minimum atomic E-state index is -4.59. The van der Waals surface area contributed by atoms with Crippen LogP contribution in [-0.4, -0.2) is 68.5 Å². The number of hydrogen-bond donors (Lipinski definition) is 2. The topological polar surface area (TPSA) is 108 Å². The van der Waals surface area contributed by atoms with Crippen molar-refractivity contribution in [2.45, 2.75) is 199 Å². The van der Waals surface area contributed by atoms with Gasteiger partial charge in [-0.1, -0.05) is 218 Å². The van der Waals surface area contributed by atoms with Crippen molar-refractivity contribution >= 4 is 13.7 Å². The molecule has 9 heteroatoms. The van der Waals surface area contributed by atoms with Crippen LogP contribution in [0.5, 0.6) is 0 Å². The fraction of sp³-hybridized carbons (Fsp3) is 0.617. The average molecular weight is 977 g/mol. The Morgan fingerprint density at radius 3 is 1.29 bits per heavy atom. The van der Waals surface area contributed by atoms with Gasteiger partial charge in [-0.05, 0) is 96.3 Å². The fourth-order valence-electron chi connectivity index (χ4n) is 6.88. The quantitative estimate of drug-likeness (QED) is 0.0272. The van der Waals surface area contributed by atoms with Gasteiger partial charge in [0.05, 0.1) is 39.9 Å². The van der Waals surface area contributed by atoms with Gasteiger partial charge in [0.25, 0.3) is 7.82 Å². The molecule has 0 saturated heterocycles. The van der Waals surface area contributed by atoms with Crippen molar-refractivity contribution in [1.29, 1.82) is 0 Å². The Bertz CT molecular complexity index is 1580. The molecule has 0 bridgehead atoms. The summed E-state index contributed by atoms with van der Waals surface area (Å²) in [7, 11) is 1.23. The molecule has 3 unspecified atom stereocenters. The van der Waals surface area contributed by atoms with Gasteiger partial charge in [0, 0.05) is 6.42 Å². The Morgan fingerprint density at radius 1 is 0.522 bits per heavy atom. The van der Waals surface area contributed by atoms with Crippen LogP contribution < -0.4 is 10.2 Å². The maximum Gasteiger partial charge on any atom is 0.268 e. The summed E-state index contributed by atoms with van der Waals surface area (Å²) in [5.41, 5.74) is 0. The number of amides is 1. The summed E-state index contributed by atoms with van der Waals surface area (Å²) in [5, 5.41) is 13.7. The highest BCUT2D eigenvalue weighted by Crippen LogP contribution is 2.38. The van der Waals surface area contributed by atoms with Crippen LogP contribution in [-0.2, 0) is 18.4 Å². The maximum absolute atomic E-state index is 12.9. The van der Waals surface area contributed by atoms with E-state index >= 15 is 0 Å². The summed E-state index contributed by atoms with van der Waals surface area (Å²) in [6.07, 6.45) is 75.4. The number of rotatable bonds is 47. The number of carbonyl (C=O) groups excluding carboxylic acids is 1. The van der Waals surface area contributed by atoms with Crippen LogP contribution in [0.1, 0.15) is 187 Å². The van der Waals surface area contributed by atoms with E-state index in [9.17, 15) is 19.4 Å². The van der Waals surface area contributed by atoms with E-state index in [4.69, 9.17) is 9.05 Å². The number of aliphatic hydroxyl groups excluding tert-OH is 1. The van der Waals surface area contributed by atoms with E-state index in [1.807, 2.05) is 27.2 Å². The number of nitrogens with zero attached hydrogens (tertiary/aromatic N) is 1. The highest BCUT2D eigenvalue weighted by molar-refractivity contribution is 7.45. The lowest BCUT2D eigenvalue weighted by molar-refractivity contribution is -0.870. The molecule has 0 aliphatic heterocycles. The molecule has 1 amide bonds. The molecule has 0 aromatic carbocycles. The van der Waals surface area contributed by atoms with Crippen LogP contribution in [0.2, 0.25) is 0 Å². The van der Waals surface area contributed by atoms with Gasteiger partial charge in [0.15, 0.2) is 0 Å². The first kappa shape index (κ1) is 65.6. The molecule has 0 radical (unpaired) electrons. The standard InChI is InChI=1S/C60H101N2O6P/c1-6-8-10-12-14-16-17-18-19-20-21-22-23-24-25-26-27-28-29-30-31-32-33-34-35-36-37-38-39-40-41-42-43-44-45-46-48-50-52-54-60(64)61-58(57-68-69(65,66)67-56-55-62(3,4)5)59(63)53-51-49-47-15-13-11-9-7-2/h8,10,14,16,18-19,21-22,24-25,27-28,30-31,33-34,36-37,39-40,51,53,58-59,63H,6-7,9,11-13,15,17,20,23,26,29,32,35,38,41-50,52,54-57H2,1-5H3,(H-,61,64,65,66)/b10-8-,16-14-,19-18-,22-21-,25-24-,28-27-,31-30-,34-33-,37-36-,40-39-,53-51+. The van der Waals surface area contributed by atoms with E-state index in [1.54, 1.807) is 6.08 Å². The molecule has 0 fully saturated rings. The Morgan fingerprint density at radius 2 is 0.884 bits per heavy atom. The zero-order chi connectivity index (χ0) is 50.6. The Kier molecular flexibility index (Phi) is 47.2. The molecular formula is C60H101N2O6P. The van der Waals surface area contributed by atoms with Crippen molar-refractivity contribution in [2.24, 2.45) is 0 Å². The predicted molar refractivity (Wildman–Crippen MR) is 297 cm³/mol. The fourth-order valence-corrected chi connectivity index (χ4v) is 7.61. The average Bonchev–Trinajstić information content (AvgIpc) is 3.31. The molecule has 392 valence electrons. The van der Waals surface area contributed by atoms with E-state index < -0.39 is 26.6 Å². The van der Waals surface area contributed by atoms with Gasteiger partial charge >= 0.3 is 0 Å². The summed E-state index contributed by atoms with van der Waals surface area (Å²) >= 11 is 0. The first-order valence-corrected chi connectivity index (χ1v) is 28.5. The SMILES string of the molecule is CC/C=C\C/C=C\C/C=C\C/C=C\C/C=C\C/C=C\C/C=C\C/C=C\C/C=C\C/C=C\CCCCCCCCCCC(=O)NC(COP(=O)([O-])OCC[N+](C)(C)C)C(O)/C=C/CCCCCCCC. The number of phosphoric acid groups is 1. The van der Waals surface area contributed by atoms with Crippen LogP contribution in [0.3, 0.4) is 0 Å². The third-order valence-corrected chi connectivity index (χ3v) is 12.1. The third kappa shape index (κ3) is 52.3. The van der Waals surface area contributed by atoms with Crippen LogP contribution in [0, 0.1) is 0 Å². The maximum atomic E-state index is 12.9. The minimum absolute atomic E-state index is 0.00976. The number of likely N-dealkylation sites (N-methyl/N-ethyl adjacent to an activating group) is 1. The predicted octanol–water partition coefficient (Wildman–Crippen LogP) is 15.7. The van der Waals surface area contributed by atoms with E-state index in [-0.39, 0.29) is 12.5 Å². The van der Waals surface area contributed by atoms with Crippen LogP contribution >= 0.6 is 7.82 Å². The molecular weight excluding hydrogens is 876 g/mol. The zero-order valence-electron chi connectivity index (χ0n) is 44.5.